The fraction of sp³-hybridized carbons (Fsp3) is 0.769. The normalized spacial score (nSPS) is 28.3. The summed E-state index contributed by atoms with van der Waals surface area (Å²) >= 11 is 0. The van der Waals surface area contributed by atoms with Crippen LogP contribution in [0.15, 0.2) is 0 Å². The number of ether oxygens (including phenoxy) is 2. The van der Waals surface area contributed by atoms with Gasteiger partial charge in [-0.1, -0.05) is 0 Å². The first-order chi connectivity index (χ1) is 9.10. The van der Waals surface area contributed by atoms with Gasteiger partial charge in [-0.25, -0.2) is 9.59 Å². The molecule has 2 aliphatic rings. The van der Waals surface area contributed by atoms with Gasteiger partial charge >= 0.3 is 17.8 Å². The number of nitrogens with zero attached hydrogens (tertiary/aromatic N) is 1. The number of carbonyl (C=O) groups excluding carboxylic acids is 3. The average molecular weight is 269 g/mol. The molecule has 1 saturated carbocycles. The van der Waals surface area contributed by atoms with E-state index in [1.54, 1.807) is 13.8 Å². The average Bonchev–Trinajstić information content (AvgIpc) is 2.98. The fourth-order valence-electron chi connectivity index (χ4n) is 3.11. The van der Waals surface area contributed by atoms with Crippen LogP contribution >= 0.6 is 0 Å². The summed E-state index contributed by atoms with van der Waals surface area (Å²) < 4.78 is 9.74. The van der Waals surface area contributed by atoms with E-state index in [0.717, 1.165) is 19.3 Å². The maximum absolute atomic E-state index is 12.1. The molecule has 0 N–H and O–H groups in total. The Labute approximate surface area is 112 Å². The Morgan fingerprint density at radius 2 is 1.79 bits per heavy atom. The second-order valence-corrected chi connectivity index (χ2v) is 4.86. The lowest BCUT2D eigenvalue weighted by Crippen LogP contribution is -2.52. The molecule has 2 fully saturated rings. The van der Waals surface area contributed by atoms with Crippen LogP contribution in [0.3, 0.4) is 0 Å². The van der Waals surface area contributed by atoms with Crippen molar-refractivity contribution >= 4 is 17.8 Å². The standard InChI is InChI=1S/C13H19NO5/c1-3-18-12(16)10-8-5-6-9(7-8)14(10)11(15)13(17)19-4-2/h8-10H,3-7H2,1-2H3. The number of carbonyl (C=O) groups is 3. The van der Waals surface area contributed by atoms with Crippen LogP contribution in [0.1, 0.15) is 33.1 Å². The first-order valence-corrected chi connectivity index (χ1v) is 6.76. The van der Waals surface area contributed by atoms with E-state index < -0.39 is 23.9 Å². The van der Waals surface area contributed by atoms with Crippen molar-refractivity contribution in [2.45, 2.75) is 45.2 Å². The fourth-order valence-corrected chi connectivity index (χ4v) is 3.11. The van der Waals surface area contributed by atoms with Gasteiger partial charge in [0.25, 0.3) is 0 Å². The van der Waals surface area contributed by atoms with Crippen LogP contribution in [-0.4, -0.2) is 48.0 Å². The molecule has 19 heavy (non-hydrogen) atoms. The van der Waals surface area contributed by atoms with Gasteiger partial charge in [-0.2, -0.15) is 0 Å². The molecule has 3 atom stereocenters. The van der Waals surface area contributed by atoms with E-state index in [9.17, 15) is 14.4 Å². The van der Waals surface area contributed by atoms with Gasteiger partial charge in [0, 0.05) is 6.04 Å². The summed E-state index contributed by atoms with van der Waals surface area (Å²) in [7, 11) is 0. The minimum absolute atomic E-state index is 0.0312. The zero-order chi connectivity index (χ0) is 14.0. The summed E-state index contributed by atoms with van der Waals surface area (Å²) in [5.41, 5.74) is 0. The van der Waals surface area contributed by atoms with Crippen LogP contribution in [-0.2, 0) is 23.9 Å². The smallest absolute Gasteiger partial charge is 0.397 e. The molecule has 0 spiro atoms. The van der Waals surface area contributed by atoms with Gasteiger partial charge in [0.2, 0.25) is 0 Å². The van der Waals surface area contributed by atoms with E-state index in [2.05, 4.69) is 0 Å². The van der Waals surface area contributed by atoms with Gasteiger partial charge in [-0.3, -0.25) is 4.79 Å². The summed E-state index contributed by atoms with van der Waals surface area (Å²) in [5, 5.41) is 0. The largest absolute Gasteiger partial charge is 0.464 e. The number of fused-ring (bicyclic) bond motifs is 2. The first kappa shape index (κ1) is 13.8. The van der Waals surface area contributed by atoms with Crippen LogP contribution in [0, 0.1) is 5.92 Å². The molecule has 2 rings (SSSR count). The van der Waals surface area contributed by atoms with Crippen molar-refractivity contribution in [1.82, 2.24) is 4.90 Å². The highest BCUT2D eigenvalue weighted by Gasteiger charge is 2.53. The highest BCUT2D eigenvalue weighted by atomic mass is 16.5. The Morgan fingerprint density at radius 1 is 1.11 bits per heavy atom. The molecule has 0 aromatic heterocycles. The monoisotopic (exact) mass is 269 g/mol. The third kappa shape index (κ3) is 2.43. The Bertz CT molecular complexity index is 394. The quantitative estimate of drug-likeness (QED) is 0.551. The molecule has 1 aliphatic carbocycles. The van der Waals surface area contributed by atoms with Crippen molar-refractivity contribution < 1.29 is 23.9 Å². The molecule has 2 bridgehead atoms. The molecule has 1 saturated heterocycles. The number of esters is 2. The second kappa shape index (κ2) is 5.59. The van der Waals surface area contributed by atoms with E-state index >= 15 is 0 Å². The summed E-state index contributed by atoms with van der Waals surface area (Å²) in [6.07, 6.45) is 2.51. The SMILES string of the molecule is CCOC(=O)C(=O)N1C2CCC(C2)C1C(=O)OCC. The number of amides is 1. The van der Waals surface area contributed by atoms with Crippen LogP contribution < -0.4 is 0 Å². The van der Waals surface area contributed by atoms with E-state index in [-0.39, 0.29) is 25.2 Å². The lowest BCUT2D eigenvalue weighted by Gasteiger charge is -2.32. The van der Waals surface area contributed by atoms with Crippen molar-refractivity contribution in [3.8, 4) is 0 Å². The number of hydrogen-bond acceptors (Lipinski definition) is 5. The summed E-state index contributed by atoms with van der Waals surface area (Å²) in [6, 6.07) is -0.646. The third-order valence-corrected chi connectivity index (χ3v) is 3.80. The van der Waals surface area contributed by atoms with Gasteiger partial charge in [-0.15, -0.1) is 0 Å². The number of hydrogen-bond donors (Lipinski definition) is 0. The van der Waals surface area contributed by atoms with E-state index in [4.69, 9.17) is 9.47 Å². The summed E-state index contributed by atoms with van der Waals surface area (Å²) in [6.45, 7) is 3.79. The molecular formula is C13H19NO5. The van der Waals surface area contributed by atoms with Gasteiger partial charge in [-0.05, 0) is 39.0 Å². The molecule has 1 heterocycles. The molecular weight excluding hydrogens is 250 g/mol. The van der Waals surface area contributed by atoms with Gasteiger partial charge in [0.05, 0.1) is 13.2 Å². The minimum Gasteiger partial charge on any atom is -0.464 e. The molecule has 0 aromatic rings. The molecule has 3 unspecified atom stereocenters. The summed E-state index contributed by atoms with van der Waals surface area (Å²) in [5.74, 6) is -1.90. The van der Waals surface area contributed by atoms with Crippen molar-refractivity contribution in [3.63, 3.8) is 0 Å². The zero-order valence-corrected chi connectivity index (χ0v) is 11.3. The molecule has 106 valence electrons. The third-order valence-electron chi connectivity index (χ3n) is 3.80. The predicted octanol–water partition coefficient (Wildman–Crippen LogP) is 0.492. The molecule has 0 aromatic carbocycles. The molecule has 6 heteroatoms. The van der Waals surface area contributed by atoms with E-state index in [1.807, 2.05) is 0 Å². The lowest BCUT2D eigenvalue weighted by molar-refractivity contribution is -0.166. The maximum atomic E-state index is 12.1. The van der Waals surface area contributed by atoms with E-state index in [1.165, 1.54) is 4.90 Å². The van der Waals surface area contributed by atoms with E-state index in [0.29, 0.717) is 0 Å². The van der Waals surface area contributed by atoms with Gasteiger partial charge in [0.15, 0.2) is 0 Å². The molecule has 1 amide bonds. The van der Waals surface area contributed by atoms with Gasteiger partial charge < -0.3 is 14.4 Å². The van der Waals surface area contributed by atoms with Crippen LogP contribution in [0.5, 0.6) is 0 Å². The summed E-state index contributed by atoms with van der Waals surface area (Å²) in [4.78, 5) is 37.0. The van der Waals surface area contributed by atoms with Crippen molar-refractivity contribution in [2.75, 3.05) is 13.2 Å². The molecule has 1 aliphatic heterocycles. The Hall–Kier alpha value is -1.59. The van der Waals surface area contributed by atoms with Crippen molar-refractivity contribution in [1.29, 1.82) is 0 Å². The molecule has 0 radical (unpaired) electrons. The topological polar surface area (TPSA) is 72.9 Å². The van der Waals surface area contributed by atoms with Crippen molar-refractivity contribution in [3.05, 3.63) is 0 Å². The number of likely N-dealkylation sites (tertiary alicyclic amines) is 1. The highest BCUT2D eigenvalue weighted by molar-refractivity contribution is 6.33. The lowest BCUT2D eigenvalue weighted by atomic mass is 9.98. The minimum atomic E-state index is -0.885. The van der Waals surface area contributed by atoms with Crippen LogP contribution in [0.2, 0.25) is 0 Å². The predicted molar refractivity (Wildman–Crippen MR) is 65.0 cm³/mol. The Balaban J connectivity index is 2.14. The van der Waals surface area contributed by atoms with Gasteiger partial charge in [0.1, 0.15) is 6.04 Å². The Kier molecular flexibility index (Phi) is 4.07. The first-order valence-electron chi connectivity index (χ1n) is 6.76. The highest BCUT2D eigenvalue weighted by Crippen LogP contribution is 2.42. The number of piperidine rings is 1. The Morgan fingerprint density at radius 3 is 2.42 bits per heavy atom. The van der Waals surface area contributed by atoms with Crippen LogP contribution in [0.4, 0.5) is 0 Å². The van der Waals surface area contributed by atoms with Crippen molar-refractivity contribution in [2.24, 2.45) is 5.92 Å². The van der Waals surface area contributed by atoms with Crippen LogP contribution in [0.25, 0.3) is 0 Å². The second-order valence-electron chi connectivity index (χ2n) is 4.86. The zero-order valence-electron chi connectivity index (χ0n) is 11.3. The number of rotatable bonds is 3. The molecule has 6 nitrogen and oxygen atoms in total. The maximum Gasteiger partial charge on any atom is 0.397 e.